The molecule has 0 unspecified atom stereocenters. The molecular weight excluding hydrogens is 317 g/mol. The number of nitrogens with one attached hydrogen (secondary N) is 1. The zero-order valence-corrected chi connectivity index (χ0v) is 13.7. The van der Waals surface area contributed by atoms with Crippen LogP contribution in [0.2, 0.25) is 10.0 Å². The molecule has 0 fully saturated rings. The van der Waals surface area contributed by atoms with E-state index in [0.717, 1.165) is 23.1 Å². The third-order valence-corrected chi connectivity index (χ3v) is 4.17. The molecule has 0 aliphatic rings. The molecular formula is C18H16Cl2NO. The van der Waals surface area contributed by atoms with Gasteiger partial charge in [0.25, 0.3) is 0 Å². The number of hydrogen-bond acceptors (Lipinski definition) is 1. The lowest BCUT2D eigenvalue weighted by molar-refractivity contribution is 0.350. The summed E-state index contributed by atoms with van der Waals surface area (Å²) in [5.74, 6) is 0.741. The summed E-state index contributed by atoms with van der Waals surface area (Å²) in [7, 11) is 0. The molecule has 0 bridgehead atoms. The van der Waals surface area contributed by atoms with Crippen molar-refractivity contribution in [2.24, 2.45) is 0 Å². The fraction of sp³-hybridized carbons (Fsp3) is 0.167. The smallest absolute Gasteiger partial charge is 0.130 e. The third-order valence-electron chi connectivity index (χ3n) is 3.56. The van der Waals surface area contributed by atoms with Crippen LogP contribution in [-0.2, 0) is 6.42 Å². The average Bonchev–Trinajstić information content (AvgIpc) is 2.91. The average molecular weight is 333 g/mol. The number of aromatic nitrogens is 1. The summed E-state index contributed by atoms with van der Waals surface area (Å²) in [6.45, 7) is 2.61. The van der Waals surface area contributed by atoms with Crippen LogP contribution in [0, 0.1) is 13.3 Å². The molecule has 22 heavy (non-hydrogen) atoms. The molecule has 2 nitrogen and oxygen atoms in total. The minimum absolute atomic E-state index is 0.520. The fourth-order valence-electron chi connectivity index (χ4n) is 2.36. The Labute approximate surface area is 140 Å². The number of benzene rings is 2. The number of rotatable bonds is 5. The van der Waals surface area contributed by atoms with Gasteiger partial charge in [0.05, 0.1) is 27.6 Å². The molecule has 0 aliphatic carbocycles. The van der Waals surface area contributed by atoms with E-state index >= 15 is 0 Å². The van der Waals surface area contributed by atoms with E-state index < -0.39 is 0 Å². The van der Waals surface area contributed by atoms with Gasteiger partial charge in [0.2, 0.25) is 0 Å². The Balaban J connectivity index is 1.63. The van der Waals surface area contributed by atoms with E-state index in [-0.39, 0.29) is 0 Å². The summed E-state index contributed by atoms with van der Waals surface area (Å²) in [6.07, 6.45) is 4.70. The first-order chi connectivity index (χ1) is 10.6. The topological polar surface area (TPSA) is 25.0 Å². The predicted octanol–water partition coefficient (Wildman–Crippen LogP) is 5.61. The molecule has 0 spiro atoms. The van der Waals surface area contributed by atoms with Crippen molar-refractivity contribution in [3.8, 4) is 5.75 Å². The van der Waals surface area contributed by atoms with Gasteiger partial charge in [-0.3, -0.25) is 0 Å². The summed E-state index contributed by atoms with van der Waals surface area (Å²) < 4.78 is 5.84. The van der Waals surface area contributed by atoms with E-state index in [4.69, 9.17) is 27.9 Å². The van der Waals surface area contributed by atoms with Crippen LogP contribution in [0.3, 0.4) is 0 Å². The van der Waals surface area contributed by atoms with Crippen LogP contribution in [0.1, 0.15) is 11.1 Å². The molecule has 1 aromatic heterocycles. The lowest BCUT2D eigenvalue weighted by atomic mass is 10.1. The van der Waals surface area contributed by atoms with Gasteiger partial charge in [-0.05, 0) is 31.0 Å². The van der Waals surface area contributed by atoms with Crippen LogP contribution in [-0.4, -0.2) is 11.6 Å². The molecule has 0 saturated heterocycles. The molecule has 1 N–H and O–H groups in total. The highest BCUT2D eigenvalue weighted by atomic mass is 35.5. The molecule has 0 atom stereocenters. The monoisotopic (exact) mass is 332 g/mol. The van der Waals surface area contributed by atoms with Gasteiger partial charge in [-0.25, -0.2) is 0 Å². The Morgan fingerprint density at radius 2 is 1.82 bits per heavy atom. The number of aromatic amines is 1. The largest absolute Gasteiger partial charge is 0.493 e. The number of halogens is 2. The van der Waals surface area contributed by atoms with Gasteiger partial charge in [0.1, 0.15) is 5.75 Å². The Morgan fingerprint density at radius 1 is 1.05 bits per heavy atom. The number of fused-ring (bicyclic) bond motifs is 1. The first-order valence-electron chi connectivity index (χ1n) is 7.10. The van der Waals surface area contributed by atoms with Gasteiger partial charge in [-0.2, -0.15) is 0 Å². The maximum absolute atomic E-state index is 6.19. The van der Waals surface area contributed by atoms with Crippen molar-refractivity contribution >= 4 is 34.1 Å². The van der Waals surface area contributed by atoms with E-state index in [9.17, 15) is 0 Å². The van der Waals surface area contributed by atoms with Crippen molar-refractivity contribution in [1.82, 2.24) is 4.98 Å². The minimum Gasteiger partial charge on any atom is -0.493 e. The number of H-pyrrole nitrogens is 1. The fourth-order valence-corrected chi connectivity index (χ4v) is 2.82. The molecule has 0 saturated carbocycles. The van der Waals surface area contributed by atoms with Gasteiger partial charge in [-0.1, -0.05) is 53.0 Å². The van der Waals surface area contributed by atoms with Crippen LogP contribution in [0.5, 0.6) is 5.75 Å². The van der Waals surface area contributed by atoms with Crippen molar-refractivity contribution < 1.29 is 4.74 Å². The van der Waals surface area contributed by atoms with E-state index in [1.54, 1.807) is 6.20 Å². The van der Waals surface area contributed by atoms with Crippen molar-refractivity contribution in [2.45, 2.75) is 13.3 Å². The van der Waals surface area contributed by atoms with Gasteiger partial charge < -0.3 is 9.72 Å². The predicted molar refractivity (Wildman–Crippen MR) is 93.0 cm³/mol. The van der Waals surface area contributed by atoms with E-state index in [2.05, 4.69) is 42.6 Å². The summed E-state index contributed by atoms with van der Waals surface area (Å²) in [6, 6.07) is 12.2. The number of hydrogen-bond donors (Lipinski definition) is 1. The van der Waals surface area contributed by atoms with E-state index in [1.165, 1.54) is 11.1 Å². The van der Waals surface area contributed by atoms with E-state index in [0.29, 0.717) is 16.7 Å². The summed E-state index contributed by atoms with van der Waals surface area (Å²) in [4.78, 5) is 3.06. The molecule has 2 aromatic carbocycles. The lowest BCUT2D eigenvalue weighted by Crippen LogP contribution is -2.00. The van der Waals surface area contributed by atoms with Crippen molar-refractivity contribution in [1.29, 1.82) is 0 Å². The molecule has 3 aromatic rings. The molecule has 0 amide bonds. The molecule has 113 valence electrons. The highest BCUT2D eigenvalue weighted by Gasteiger charge is 2.11. The summed E-state index contributed by atoms with van der Waals surface area (Å²) in [5.41, 5.74) is 3.35. The zero-order valence-electron chi connectivity index (χ0n) is 12.2. The first kappa shape index (κ1) is 15.3. The van der Waals surface area contributed by atoms with Crippen LogP contribution >= 0.6 is 23.2 Å². The lowest BCUT2D eigenvalue weighted by Gasteiger charge is -2.08. The number of ether oxygens (including phenoxy) is 1. The van der Waals surface area contributed by atoms with Gasteiger partial charge >= 0.3 is 0 Å². The Bertz CT molecular complexity index is 778. The van der Waals surface area contributed by atoms with E-state index in [1.807, 2.05) is 12.1 Å². The molecule has 0 aliphatic heterocycles. The SMILES string of the molecule is Cc1ccc(C[CH]COc2ccc(Cl)c3[nH]cc(Cl)c23)cc1. The zero-order chi connectivity index (χ0) is 15.5. The second-order valence-electron chi connectivity index (χ2n) is 5.22. The summed E-state index contributed by atoms with van der Waals surface area (Å²) in [5, 5.41) is 2.09. The third kappa shape index (κ3) is 3.23. The van der Waals surface area contributed by atoms with Crippen LogP contribution < -0.4 is 4.74 Å². The molecule has 3 rings (SSSR count). The van der Waals surface area contributed by atoms with Gasteiger partial charge in [0.15, 0.2) is 0 Å². The second kappa shape index (κ2) is 6.64. The van der Waals surface area contributed by atoms with Crippen molar-refractivity contribution in [3.63, 3.8) is 0 Å². The Kier molecular flexibility index (Phi) is 4.60. The normalized spacial score (nSPS) is 11.0. The molecule has 4 heteroatoms. The van der Waals surface area contributed by atoms with Crippen LogP contribution in [0.4, 0.5) is 0 Å². The standard InChI is InChI=1S/C18H16Cl2NO/c1-12-4-6-13(7-5-12)3-2-10-22-16-9-8-14(19)18-17(16)15(20)11-21-18/h2,4-9,11,21H,3,10H2,1H3. The first-order valence-corrected chi connectivity index (χ1v) is 7.86. The molecule has 1 radical (unpaired) electrons. The minimum atomic E-state index is 0.520. The Hall–Kier alpha value is -1.64. The highest BCUT2D eigenvalue weighted by Crippen LogP contribution is 2.36. The quantitative estimate of drug-likeness (QED) is 0.603. The molecule has 1 heterocycles. The van der Waals surface area contributed by atoms with Gasteiger partial charge in [-0.15, -0.1) is 0 Å². The second-order valence-corrected chi connectivity index (χ2v) is 6.04. The van der Waals surface area contributed by atoms with Gasteiger partial charge in [0, 0.05) is 12.6 Å². The summed E-state index contributed by atoms with van der Waals surface area (Å²) >= 11 is 12.3. The Morgan fingerprint density at radius 3 is 2.59 bits per heavy atom. The highest BCUT2D eigenvalue weighted by molar-refractivity contribution is 6.40. The maximum atomic E-state index is 6.19. The number of aryl methyl sites for hydroxylation is 1. The maximum Gasteiger partial charge on any atom is 0.130 e. The van der Waals surface area contributed by atoms with Crippen LogP contribution in [0.15, 0.2) is 42.6 Å². The van der Waals surface area contributed by atoms with Crippen molar-refractivity contribution in [3.05, 3.63) is 70.2 Å². The van der Waals surface area contributed by atoms with Crippen molar-refractivity contribution in [2.75, 3.05) is 6.61 Å². The van der Waals surface area contributed by atoms with Crippen LogP contribution in [0.25, 0.3) is 10.9 Å².